The number of benzene rings is 1. The number of alkyl halides is 3. The lowest BCUT2D eigenvalue weighted by Crippen LogP contribution is -2.37. The van der Waals surface area contributed by atoms with Crippen LogP contribution in [-0.4, -0.2) is 44.4 Å². The van der Waals surface area contributed by atoms with E-state index >= 15 is 0 Å². The molecule has 0 aromatic heterocycles. The van der Waals surface area contributed by atoms with Gasteiger partial charge in [0.1, 0.15) is 5.82 Å². The summed E-state index contributed by atoms with van der Waals surface area (Å²) in [4.78, 5) is 2.03. The quantitative estimate of drug-likeness (QED) is 0.587. The average molecular weight is 335 g/mol. The van der Waals surface area contributed by atoms with Crippen LogP contribution in [0.25, 0.3) is 0 Å². The van der Waals surface area contributed by atoms with Crippen molar-refractivity contribution in [3.63, 3.8) is 0 Å². The van der Waals surface area contributed by atoms with E-state index in [1.807, 2.05) is 4.90 Å². The smallest absolute Gasteiger partial charge is 0.382 e. The molecule has 0 amide bonds. The van der Waals surface area contributed by atoms with Crippen LogP contribution in [-0.2, 0) is 22.2 Å². The van der Waals surface area contributed by atoms with E-state index in [0.29, 0.717) is 25.8 Å². The Morgan fingerprint density at radius 2 is 1.87 bits per heavy atom. The summed E-state index contributed by atoms with van der Waals surface area (Å²) in [7, 11) is 1.62. The van der Waals surface area contributed by atoms with Crippen molar-refractivity contribution in [1.29, 1.82) is 0 Å². The lowest BCUT2D eigenvalue weighted by molar-refractivity contribution is -0.137. The van der Waals surface area contributed by atoms with Gasteiger partial charge in [0.2, 0.25) is 0 Å². The van der Waals surface area contributed by atoms with Crippen LogP contribution in [0.4, 0.5) is 17.6 Å². The number of hydrogen-bond acceptors (Lipinski definition) is 3. The third-order valence-corrected chi connectivity index (χ3v) is 3.95. The van der Waals surface area contributed by atoms with Gasteiger partial charge in [-0.3, -0.25) is 4.90 Å². The highest BCUT2D eigenvalue weighted by Crippen LogP contribution is 2.30. The van der Waals surface area contributed by atoms with Crippen molar-refractivity contribution in [3.8, 4) is 0 Å². The minimum absolute atomic E-state index is 0.166. The normalized spacial score (nSPS) is 17.6. The fourth-order valence-corrected chi connectivity index (χ4v) is 2.62. The minimum Gasteiger partial charge on any atom is -0.382 e. The van der Waals surface area contributed by atoms with Gasteiger partial charge < -0.3 is 9.47 Å². The van der Waals surface area contributed by atoms with Crippen LogP contribution in [0.15, 0.2) is 18.2 Å². The van der Waals surface area contributed by atoms with Crippen molar-refractivity contribution in [3.05, 3.63) is 35.1 Å². The number of piperidine rings is 1. The first-order valence-electron chi connectivity index (χ1n) is 7.58. The van der Waals surface area contributed by atoms with Crippen LogP contribution in [0.5, 0.6) is 0 Å². The molecule has 1 aliphatic heterocycles. The fourth-order valence-electron chi connectivity index (χ4n) is 2.62. The monoisotopic (exact) mass is 335 g/mol. The molecule has 0 atom stereocenters. The Morgan fingerprint density at radius 3 is 2.43 bits per heavy atom. The number of halogens is 4. The van der Waals surface area contributed by atoms with Gasteiger partial charge in [-0.2, -0.15) is 13.2 Å². The molecule has 23 heavy (non-hydrogen) atoms. The fraction of sp³-hybridized carbons (Fsp3) is 0.625. The molecule has 1 aromatic carbocycles. The SMILES string of the molecule is COCCOC1CCN(Cc2ccc(C(F)(F)F)cc2F)CC1. The molecule has 1 heterocycles. The number of nitrogens with zero attached hydrogens (tertiary/aromatic N) is 1. The van der Waals surface area contributed by atoms with Gasteiger partial charge in [-0.25, -0.2) is 4.39 Å². The van der Waals surface area contributed by atoms with Crippen LogP contribution < -0.4 is 0 Å². The van der Waals surface area contributed by atoms with Gasteiger partial charge in [-0.1, -0.05) is 6.07 Å². The summed E-state index contributed by atoms with van der Waals surface area (Å²) >= 11 is 0. The maximum Gasteiger partial charge on any atom is 0.416 e. The standard InChI is InChI=1S/C16H21F4NO2/c1-22-8-9-23-14-4-6-21(7-5-14)11-12-2-3-13(10-15(12)17)16(18,19)20/h2-3,10,14H,4-9,11H2,1H3. The van der Waals surface area contributed by atoms with Crippen molar-refractivity contribution in [2.24, 2.45) is 0 Å². The van der Waals surface area contributed by atoms with Gasteiger partial charge in [0.05, 0.1) is 24.9 Å². The van der Waals surface area contributed by atoms with Crippen molar-refractivity contribution >= 4 is 0 Å². The Balaban J connectivity index is 1.84. The molecule has 0 spiro atoms. The molecule has 0 N–H and O–H groups in total. The van der Waals surface area contributed by atoms with Crippen molar-refractivity contribution < 1.29 is 27.0 Å². The maximum atomic E-state index is 13.9. The van der Waals surface area contributed by atoms with Gasteiger partial charge in [0, 0.05) is 32.3 Å². The van der Waals surface area contributed by atoms with Crippen molar-refractivity contribution in [2.75, 3.05) is 33.4 Å². The number of likely N-dealkylation sites (tertiary alicyclic amines) is 1. The number of methoxy groups -OCH3 is 1. The minimum atomic E-state index is -4.52. The molecule has 0 bridgehead atoms. The second-order valence-corrected chi connectivity index (χ2v) is 5.64. The summed E-state index contributed by atoms with van der Waals surface area (Å²) < 4.78 is 62.0. The third kappa shape index (κ3) is 5.44. The molecule has 3 nitrogen and oxygen atoms in total. The average Bonchev–Trinajstić information content (AvgIpc) is 2.50. The second kappa shape index (κ2) is 8.08. The largest absolute Gasteiger partial charge is 0.416 e. The second-order valence-electron chi connectivity index (χ2n) is 5.64. The van der Waals surface area contributed by atoms with Crippen LogP contribution >= 0.6 is 0 Å². The molecule has 1 fully saturated rings. The summed E-state index contributed by atoms with van der Waals surface area (Å²) in [6.45, 7) is 2.89. The van der Waals surface area contributed by atoms with Crippen LogP contribution in [0.2, 0.25) is 0 Å². The lowest BCUT2D eigenvalue weighted by Gasteiger charge is -2.32. The topological polar surface area (TPSA) is 21.7 Å². The van der Waals surface area contributed by atoms with Crippen molar-refractivity contribution in [1.82, 2.24) is 4.90 Å². The Morgan fingerprint density at radius 1 is 1.17 bits per heavy atom. The number of ether oxygens (including phenoxy) is 2. The Hall–Kier alpha value is -1.18. The third-order valence-electron chi connectivity index (χ3n) is 3.95. The van der Waals surface area contributed by atoms with Crippen LogP contribution in [0.3, 0.4) is 0 Å². The molecule has 2 rings (SSSR count). The van der Waals surface area contributed by atoms with E-state index < -0.39 is 17.6 Å². The van der Waals surface area contributed by atoms with Gasteiger partial charge in [0.25, 0.3) is 0 Å². The molecular weight excluding hydrogens is 314 g/mol. The maximum absolute atomic E-state index is 13.9. The van der Waals surface area contributed by atoms with E-state index in [9.17, 15) is 17.6 Å². The van der Waals surface area contributed by atoms with Crippen LogP contribution in [0, 0.1) is 5.82 Å². The summed E-state index contributed by atoms with van der Waals surface area (Å²) in [6, 6.07) is 2.72. The molecule has 0 aliphatic carbocycles. The van der Waals surface area contributed by atoms with E-state index in [-0.39, 0.29) is 11.7 Å². The van der Waals surface area contributed by atoms with Gasteiger partial charge in [0.15, 0.2) is 0 Å². The Labute approximate surface area is 133 Å². The van der Waals surface area contributed by atoms with Gasteiger partial charge in [-0.05, 0) is 25.0 Å². The first-order chi connectivity index (χ1) is 10.9. The highest BCUT2D eigenvalue weighted by Gasteiger charge is 2.31. The first kappa shape index (κ1) is 18.2. The van der Waals surface area contributed by atoms with Crippen molar-refractivity contribution in [2.45, 2.75) is 31.7 Å². The summed E-state index contributed by atoms with van der Waals surface area (Å²) in [5.74, 6) is -0.807. The zero-order valence-electron chi connectivity index (χ0n) is 13.0. The van der Waals surface area contributed by atoms with Crippen LogP contribution in [0.1, 0.15) is 24.0 Å². The highest BCUT2D eigenvalue weighted by molar-refractivity contribution is 5.26. The van der Waals surface area contributed by atoms with E-state index in [4.69, 9.17) is 9.47 Å². The van der Waals surface area contributed by atoms with E-state index in [1.54, 1.807) is 7.11 Å². The van der Waals surface area contributed by atoms with E-state index in [1.165, 1.54) is 6.07 Å². The Bertz CT molecular complexity index is 499. The molecular formula is C16H21F4NO2. The zero-order chi connectivity index (χ0) is 16.9. The molecule has 7 heteroatoms. The molecule has 1 saturated heterocycles. The molecule has 0 unspecified atom stereocenters. The summed E-state index contributed by atoms with van der Waals surface area (Å²) in [6.07, 6.45) is -2.70. The molecule has 1 aromatic rings. The summed E-state index contributed by atoms with van der Waals surface area (Å²) in [5, 5.41) is 0. The Kier molecular flexibility index (Phi) is 6.38. The molecule has 0 radical (unpaired) electrons. The predicted molar refractivity (Wildman–Crippen MR) is 77.5 cm³/mol. The predicted octanol–water partition coefficient (Wildman–Crippen LogP) is 3.47. The van der Waals surface area contributed by atoms with Gasteiger partial charge in [-0.15, -0.1) is 0 Å². The first-order valence-corrected chi connectivity index (χ1v) is 7.58. The molecule has 0 saturated carbocycles. The zero-order valence-corrected chi connectivity index (χ0v) is 13.0. The highest BCUT2D eigenvalue weighted by atomic mass is 19.4. The van der Waals surface area contributed by atoms with Gasteiger partial charge >= 0.3 is 6.18 Å². The summed E-state index contributed by atoms with van der Waals surface area (Å²) in [5.41, 5.74) is -0.666. The number of hydrogen-bond donors (Lipinski definition) is 0. The molecule has 130 valence electrons. The number of rotatable bonds is 6. The lowest BCUT2D eigenvalue weighted by atomic mass is 10.1. The molecule has 1 aliphatic rings. The van der Waals surface area contributed by atoms with E-state index in [0.717, 1.165) is 32.0 Å². The van der Waals surface area contributed by atoms with E-state index in [2.05, 4.69) is 0 Å².